The summed E-state index contributed by atoms with van der Waals surface area (Å²) >= 11 is 0. The van der Waals surface area contributed by atoms with Crippen LogP contribution in [0.5, 0.6) is 5.75 Å². The van der Waals surface area contributed by atoms with Gasteiger partial charge in [0.1, 0.15) is 5.82 Å². The average molecular weight is 338 g/mol. The number of carbonyl (C=O) groups is 1. The standard InChI is InChI=1S/C16H13F3N2O3/c1-9(22)12-3-2-4-13-14(12)24-16(18,19)15(23)21(13)8-10-5-11(17)7-20-6-10/h2-7,9,22H,8H2,1H3. The summed E-state index contributed by atoms with van der Waals surface area (Å²) in [4.78, 5) is 16.5. The number of aliphatic hydroxyl groups is 1. The molecule has 0 radical (unpaired) electrons. The zero-order chi connectivity index (χ0) is 17.5. The van der Waals surface area contributed by atoms with Crippen molar-refractivity contribution in [3.8, 4) is 5.75 Å². The molecule has 8 heteroatoms. The van der Waals surface area contributed by atoms with Gasteiger partial charge in [-0.25, -0.2) is 4.39 Å². The van der Waals surface area contributed by atoms with Gasteiger partial charge in [-0.05, 0) is 24.6 Å². The van der Waals surface area contributed by atoms with E-state index in [0.717, 1.165) is 17.2 Å². The monoisotopic (exact) mass is 338 g/mol. The van der Waals surface area contributed by atoms with Crippen molar-refractivity contribution in [1.29, 1.82) is 0 Å². The molecule has 2 aromatic rings. The number of rotatable bonds is 3. The van der Waals surface area contributed by atoms with Crippen molar-refractivity contribution in [1.82, 2.24) is 4.98 Å². The summed E-state index contributed by atoms with van der Waals surface area (Å²) in [5, 5.41) is 9.74. The van der Waals surface area contributed by atoms with E-state index in [1.807, 2.05) is 0 Å². The highest BCUT2D eigenvalue weighted by Crippen LogP contribution is 2.44. The Balaban J connectivity index is 2.09. The first kappa shape index (κ1) is 16.3. The van der Waals surface area contributed by atoms with Crippen molar-refractivity contribution in [3.05, 3.63) is 53.6 Å². The Hall–Kier alpha value is -2.61. The fourth-order valence-electron chi connectivity index (χ4n) is 2.52. The molecule has 2 heterocycles. The summed E-state index contributed by atoms with van der Waals surface area (Å²) in [5.74, 6) is -2.48. The lowest BCUT2D eigenvalue weighted by Crippen LogP contribution is -2.50. The van der Waals surface area contributed by atoms with Gasteiger partial charge in [0, 0.05) is 11.8 Å². The molecular weight excluding hydrogens is 325 g/mol. The summed E-state index contributed by atoms with van der Waals surface area (Å²) in [5.41, 5.74) is 0.449. The third kappa shape index (κ3) is 2.80. The van der Waals surface area contributed by atoms with Crippen LogP contribution in [-0.4, -0.2) is 22.1 Å². The lowest BCUT2D eigenvalue weighted by atomic mass is 10.1. The number of ether oxygens (including phenoxy) is 1. The van der Waals surface area contributed by atoms with Gasteiger partial charge in [0.15, 0.2) is 5.75 Å². The fourth-order valence-corrected chi connectivity index (χ4v) is 2.52. The van der Waals surface area contributed by atoms with Crippen LogP contribution in [0.15, 0.2) is 36.7 Å². The Morgan fingerprint density at radius 1 is 1.38 bits per heavy atom. The van der Waals surface area contributed by atoms with Gasteiger partial charge >= 0.3 is 12.0 Å². The van der Waals surface area contributed by atoms with Gasteiger partial charge < -0.3 is 9.84 Å². The molecule has 0 bridgehead atoms. The molecule has 1 unspecified atom stereocenters. The van der Waals surface area contributed by atoms with E-state index in [1.165, 1.54) is 31.3 Å². The summed E-state index contributed by atoms with van der Waals surface area (Å²) in [7, 11) is 0. The number of amides is 1. The van der Waals surface area contributed by atoms with Crippen LogP contribution in [0.2, 0.25) is 0 Å². The van der Waals surface area contributed by atoms with E-state index in [4.69, 9.17) is 0 Å². The Kier molecular flexibility index (Phi) is 3.92. The zero-order valence-electron chi connectivity index (χ0n) is 12.5. The number of nitrogens with zero attached hydrogens (tertiary/aromatic N) is 2. The van der Waals surface area contributed by atoms with Crippen LogP contribution in [0.25, 0.3) is 0 Å². The van der Waals surface area contributed by atoms with Crippen LogP contribution in [0.4, 0.5) is 18.9 Å². The van der Waals surface area contributed by atoms with E-state index < -0.39 is 23.9 Å². The van der Waals surface area contributed by atoms with Crippen LogP contribution in [0.3, 0.4) is 0 Å². The number of halogens is 3. The molecule has 1 amide bonds. The van der Waals surface area contributed by atoms with Crippen LogP contribution < -0.4 is 9.64 Å². The number of fused-ring (bicyclic) bond motifs is 1. The molecule has 1 aliphatic rings. The maximum Gasteiger partial charge on any atom is 0.483 e. The third-order valence-corrected chi connectivity index (χ3v) is 3.59. The number of alkyl halides is 2. The van der Waals surface area contributed by atoms with E-state index in [9.17, 15) is 23.1 Å². The molecule has 1 atom stereocenters. The first-order valence-corrected chi connectivity index (χ1v) is 7.09. The Morgan fingerprint density at radius 2 is 2.12 bits per heavy atom. The molecule has 1 aliphatic heterocycles. The fraction of sp³-hybridized carbons (Fsp3) is 0.250. The van der Waals surface area contributed by atoms with Crippen LogP contribution in [0, 0.1) is 5.82 Å². The first-order valence-electron chi connectivity index (χ1n) is 7.09. The summed E-state index contributed by atoms with van der Waals surface area (Å²) in [6, 6.07) is 5.46. The van der Waals surface area contributed by atoms with Crippen LogP contribution in [-0.2, 0) is 11.3 Å². The van der Waals surface area contributed by atoms with Crippen molar-refractivity contribution >= 4 is 11.6 Å². The molecule has 0 spiro atoms. The molecule has 126 valence electrons. The lowest BCUT2D eigenvalue weighted by Gasteiger charge is -2.34. The SMILES string of the molecule is CC(O)c1cccc2c1OC(F)(F)C(=O)N2Cc1cncc(F)c1. The summed E-state index contributed by atoms with van der Waals surface area (Å²) in [6.07, 6.45) is -2.90. The smallest absolute Gasteiger partial charge is 0.423 e. The van der Waals surface area contributed by atoms with Gasteiger partial charge in [-0.15, -0.1) is 0 Å². The van der Waals surface area contributed by atoms with Crippen molar-refractivity contribution < 1.29 is 27.8 Å². The lowest BCUT2D eigenvalue weighted by molar-refractivity contribution is -0.193. The van der Waals surface area contributed by atoms with Crippen LogP contribution in [0.1, 0.15) is 24.2 Å². The number of aromatic nitrogens is 1. The molecule has 0 saturated carbocycles. The normalized spacial score (nSPS) is 17.2. The largest absolute Gasteiger partial charge is 0.483 e. The number of hydrogen-bond acceptors (Lipinski definition) is 4. The van der Waals surface area contributed by atoms with Gasteiger partial charge in [-0.2, -0.15) is 8.78 Å². The first-order chi connectivity index (χ1) is 11.3. The van der Waals surface area contributed by atoms with Gasteiger partial charge in [-0.1, -0.05) is 12.1 Å². The molecule has 0 aliphatic carbocycles. The highest BCUT2D eigenvalue weighted by atomic mass is 19.3. The quantitative estimate of drug-likeness (QED) is 0.935. The van der Waals surface area contributed by atoms with Gasteiger partial charge in [0.25, 0.3) is 0 Å². The van der Waals surface area contributed by atoms with Crippen molar-refractivity contribution in [2.75, 3.05) is 4.90 Å². The van der Waals surface area contributed by atoms with E-state index in [2.05, 4.69) is 9.72 Å². The minimum atomic E-state index is -4.08. The predicted octanol–water partition coefficient (Wildman–Crippen LogP) is 2.79. The summed E-state index contributed by atoms with van der Waals surface area (Å²) < 4.78 is 45.7. The van der Waals surface area contributed by atoms with Gasteiger partial charge in [-0.3, -0.25) is 14.7 Å². The number of hydrogen-bond donors (Lipinski definition) is 1. The second-order valence-corrected chi connectivity index (χ2v) is 5.39. The Labute approximate surface area is 135 Å². The zero-order valence-corrected chi connectivity index (χ0v) is 12.5. The highest BCUT2D eigenvalue weighted by Gasteiger charge is 2.51. The molecule has 1 N–H and O–H groups in total. The summed E-state index contributed by atoms with van der Waals surface area (Å²) in [6.45, 7) is 1.09. The number of anilines is 1. The molecule has 0 saturated heterocycles. The Morgan fingerprint density at radius 3 is 2.79 bits per heavy atom. The van der Waals surface area contributed by atoms with Gasteiger partial charge in [0.2, 0.25) is 0 Å². The molecule has 0 fully saturated rings. The predicted molar refractivity (Wildman–Crippen MR) is 78.0 cm³/mol. The maximum atomic E-state index is 14.0. The van der Waals surface area contributed by atoms with E-state index >= 15 is 0 Å². The van der Waals surface area contributed by atoms with Crippen LogP contribution >= 0.6 is 0 Å². The van der Waals surface area contributed by atoms with E-state index in [0.29, 0.717) is 0 Å². The Bertz CT molecular complexity index is 796. The van der Waals surface area contributed by atoms with Crippen molar-refractivity contribution in [2.24, 2.45) is 0 Å². The number of carbonyl (C=O) groups excluding carboxylic acids is 1. The molecule has 3 rings (SSSR count). The minimum Gasteiger partial charge on any atom is -0.423 e. The molecule has 1 aromatic heterocycles. The number of aliphatic hydroxyl groups excluding tert-OH is 1. The molecular formula is C16H13F3N2O3. The molecule has 24 heavy (non-hydrogen) atoms. The average Bonchev–Trinajstić information content (AvgIpc) is 2.51. The third-order valence-electron chi connectivity index (χ3n) is 3.59. The maximum absolute atomic E-state index is 14.0. The second-order valence-electron chi connectivity index (χ2n) is 5.39. The van der Waals surface area contributed by atoms with Crippen molar-refractivity contribution in [3.63, 3.8) is 0 Å². The number of benzene rings is 1. The number of para-hydroxylation sites is 1. The second kappa shape index (κ2) is 5.79. The molecule has 1 aromatic carbocycles. The number of pyridine rings is 1. The van der Waals surface area contributed by atoms with E-state index in [-0.39, 0.29) is 29.1 Å². The topological polar surface area (TPSA) is 62.7 Å². The van der Waals surface area contributed by atoms with E-state index in [1.54, 1.807) is 0 Å². The highest BCUT2D eigenvalue weighted by molar-refractivity contribution is 6.01. The minimum absolute atomic E-state index is 0.0774. The van der Waals surface area contributed by atoms with Crippen molar-refractivity contribution in [2.45, 2.75) is 25.7 Å². The molecule has 5 nitrogen and oxygen atoms in total. The van der Waals surface area contributed by atoms with Gasteiger partial charge in [0.05, 0.1) is 24.5 Å².